The Morgan fingerprint density at radius 2 is 2.16 bits per heavy atom. The van der Waals surface area contributed by atoms with Crippen molar-refractivity contribution in [2.45, 2.75) is 0 Å². The number of aromatic nitrogens is 3. The first-order valence-electron chi connectivity index (χ1n) is 5.89. The summed E-state index contributed by atoms with van der Waals surface area (Å²) in [5.74, 6) is -0.418. The van der Waals surface area contributed by atoms with Gasteiger partial charge in [0, 0.05) is 29.7 Å². The molecular formula is C14H13N3O2. The quantitative estimate of drug-likeness (QED) is 0.715. The van der Waals surface area contributed by atoms with Gasteiger partial charge in [-0.15, -0.1) is 0 Å². The fourth-order valence-electron chi connectivity index (χ4n) is 2.22. The van der Waals surface area contributed by atoms with Crippen LogP contribution in [0.25, 0.3) is 22.2 Å². The Bertz CT molecular complexity index is 755. The summed E-state index contributed by atoms with van der Waals surface area (Å²) in [6.07, 6.45) is 2.00. The van der Waals surface area contributed by atoms with E-state index in [4.69, 9.17) is 0 Å². The van der Waals surface area contributed by atoms with Crippen molar-refractivity contribution in [2.75, 3.05) is 7.11 Å². The smallest absolute Gasteiger partial charge is 0.356 e. The molecule has 2 aromatic heterocycles. The third-order valence-corrected chi connectivity index (χ3v) is 3.16. The number of hydrogen-bond donors (Lipinski definition) is 1. The Morgan fingerprint density at radius 1 is 1.37 bits per heavy atom. The number of methoxy groups -OCH3 is 1. The number of esters is 1. The molecule has 96 valence electrons. The van der Waals surface area contributed by atoms with Crippen LogP contribution in [0.5, 0.6) is 0 Å². The summed E-state index contributed by atoms with van der Waals surface area (Å²) in [5.41, 5.74) is 3.20. The van der Waals surface area contributed by atoms with Crippen molar-refractivity contribution in [1.29, 1.82) is 0 Å². The number of carbonyl (C=O) groups excluding carboxylic acids is 1. The highest BCUT2D eigenvalue weighted by Crippen LogP contribution is 2.29. The lowest BCUT2D eigenvalue weighted by atomic mass is 10.1. The average Bonchev–Trinajstić information content (AvgIpc) is 3.04. The molecule has 0 radical (unpaired) electrons. The van der Waals surface area contributed by atoms with E-state index in [-0.39, 0.29) is 0 Å². The number of ether oxygens (including phenoxy) is 1. The first kappa shape index (κ1) is 11.5. The van der Waals surface area contributed by atoms with Crippen LogP contribution in [0.1, 0.15) is 10.5 Å². The number of aryl methyl sites for hydroxylation is 1. The lowest BCUT2D eigenvalue weighted by Crippen LogP contribution is -2.00. The lowest BCUT2D eigenvalue weighted by Gasteiger charge is -1.93. The molecule has 0 fully saturated rings. The van der Waals surface area contributed by atoms with Crippen LogP contribution in [-0.4, -0.2) is 27.8 Å². The number of aromatic amines is 1. The molecule has 3 aromatic rings. The molecule has 1 aromatic carbocycles. The van der Waals surface area contributed by atoms with Gasteiger partial charge >= 0.3 is 5.97 Å². The van der Waals surface area contributed by atoms with Crippen molar-refractivity contribution in [3.05, 3.63) is 42.2 Å². The Labute approximate surface area is 109 Å². The monoisotopic (exact) mass is 255 g/mol. The SMILES string of the molecule is COC(=O)c1cc(-c2cn(C)c3ccccc23)n[nH]1. The van der Waals surface area contributed by atoms with Gasteiger partial charge < -0.3 is 9.30 Å². The van der Waals surface area contributed by atoms with Crippen molar-refractivity contribution >= 4 is 16.9 Å². The Hall–Kier alpha value is -2.56. The van der Waals surface area contributed by atoms with E-state index in [9.17, 15) is 4.79 Å². The molecule has 0 unspecified atom stereocenters. The van der Waals surface area contributed by atoms with Crippen LogP contribution in [-0.2, 0) is 11.8 Å². The summed E-state index contributed by atoms with van der Waals surface area (Å²) in [6, 6.07) is 9.77. The summed E-state index contributed by atoms with van der Waals surface area (Å²) in [5, 5.41) is 7.98. The van der Waals surface area contributed by atoms with Gasteiger partial charge in [-0.05, 0) is 12.1 Å². The molecule has 2 heterocycles. The van der Waals surface area contributed by atoms with Crippen molar-refractivity contribution < 1.29 is 9.53 Å². The number of nitrogens with one attached hydrogen (secondary N) is 1. The topological polar surface area (TPSA) is 59.9 Å². The number of carbonyl (C=O) groups is 1. The zero-order chi connectivity index (χ0) is 13.4. The third kappa shape index (κ3) is 1.79. The number of nitrogens with zero attached hydrogens (tertiary/aromatic N) is 2. The Balaban J connectivity index is 2.14. The summed E-state index contributed by atoms with van der Waals surface area (Å²) < 4.78 is 6.70. The lowest BCUT2D eigenvalue weighted by molar-refractivity contribution is 0.0594. The fourth-order valence-corrected chi connectivity index (χ4v) is 2.22. The molecule has 0 amide bonds. The molecule has 5 nitrogen and oxygen atoms in total. The molecule has 0 aliphatic carbocycles. The predicted octanol–water partition coefficient (Wildman–Crippen LogP) is 2.35. The van der Waals surface area contributed by atoms with Gasteiger partial charge in [0.2, 0.25) is 0 Å². The van der Waals surface area contributed by atoms with Gasteiger partial charge in [0.25, 0.3) is 0 Å². The molecule has 0 bridgehead atoms. The molecule has 0 spiro atoms. The highest BCUT2D eigenvalue weighted by atomic mass is 16.5. The molecule has 0 atom stereocenters. The molecule has 0 aliphatic rings. The maximum atomic E-state index is 11.4. The number of benzene rings is 1. The highest BCUT2D eigenvalue weighted by molar-refractivity contribution is 5.96. The molecule has 0 saturated heterocycles. The van der Waals surface area contributed by atoms with Crippen LogP contribution in [0.2, 0.25) is 0 Å². The van der Waals surface area contributed by atoms with Crippen molar-refractivity contribution in [3.8, 4) is 11.3 Å². The van der Waals surface area contributed by atoms with Gasteiger partial charge in [0.1, 0.15) is 5.69 Å². The summed E-state index contributed by atoms with van der Waals surface area (Å²) >= 11 is 0. The van der Waals surface area contributed by atoms with Crippen LogP contribution in [0.4, 0.5) is 0 Å². The number of rotatable bonds is 2. The van der Waals surface area contributed by atoms with Crippen LogP contribution in [0.3, 0.4) is 0 Å². The van der Waals surface area contributed by atoms with Crippen molar-refractivity contribution in [2.24, 2.45) is 7.05 Å². The number of para-hydroxylation sites is 1. The van der Waals surface area contributed by atoms with Crippen LogP contribution < -0.4 is 0 Å². The second kappa shape index (κ2) is 4.28. The van der Waals surface area contributed by atoms with Gasteiger partial charge in [0.05, 0.1) is 12.8 Å². The molecule has 0 saturated carbocycles. The number of hydrogen-bond acceptors (Lipinski definition) is 3. The zero-order valence-corrected chi connectivity index (χ0v) is 10.7. The van der Waals surface area contributed by atoms with Gasteiger partial charge in [-0.25, -0.2) is 4.79 Å². The minimum absolute atomic E-state index is 0.352. The van der Waals surface area contributed by atoms with E-state index >= 15 is 0 Å². The van der Waals surface area contributed by atoms with Crippen LogP contribution in [0.15, 0.2) is 36.5 Å². The van der Waals surface area contributed by atoms with Crippen molar-refractivity contribution in [3.63, 3.8) is 0 Å². The zero-order valence-electron chi connectivity index (χ0n) is 10.7. The molecular weight excluding hydrogens is 242 g/mol. The van der Waals surface area contributed by atoms with E-state index < -0.39 is 5.97 Å². The minimum atomic E-state index is -0.418. The first-order chi connectivity index (χ1) is 9.20. The Kier molecular flexibility index (Phi) is 2.59. The molecule has 19 heavy (non-hydrogen) atoms. The number of fused-ring (bicyclic) bond motifs is 1. The van der Waals surface area contributed by atoms with E-state index in [2.05, 4.69) is 14.9 Å². The summed E-state index contributed by atoms with van der Waals surface area (Å²) in [6.45, 7) is 0. The maximum Gasteiger partial charge on any atom is 0.356 e. The van der Waals surface area contributed by atoms with Crippen molar-refractivity contribution in [1.82, 2.24) is 14.8 Å². The summed E-state index contributed by atoms with van der Waals surface area (Å²) in [4.78, 5) is 11.4. The largest absolute Gasteiger partial charge is 0.464 e. The fraction of sp³-hybridized carbons (Fsp3) is 0.143. The highest BCUT2D eigenvalue weighted by Gasteiger charge is 2.14. The first-order valence-corrected chi connectivity index (χ1v) is 5.89. The van der Waals surface area contributed by atoms with E-state index in [1.807, 2.05) is 42.1 Å². The van der Waals surface area contributed by atoms with Gasteiger partial charge in [-0.3, -0.25) is 5.10 Å². The van der Waals surface area contributed by atoms with E-state index in [1.54, 1.807) is 6.07 Å². The minimum Gasteiger partial charge on any atom is -0.464 e. The summed E-state index contributed by atoms with van der Waals surface area (Å²) in [7, 11) is 3.33. The average molecular weight is 255 g/mol. The molecule has 1 N–H and O–H groups in total. The van der Waals surface area contributed by atoms with E-state index in [0.29, 0.717) is 5.69 Å². The van der Waals surface area contributed by atoms with E-state index in [0.717, 1.165) is 22.2 Å². The van der Waals surface area contributed by atoms with E-state index in [1.165, 1.54) is 7.11 Å². The third-order valence-electron chi connectivity index (χ3n) is 3.16. The second-order valence-corrected chi connectivity index (χ2v) is 4.33. The van der Waals surface area contributed by atoms with Gasteiger partial charge in [0.15, 0.2) is 0 Å². The predicted molar refractivity (Wildman–Crippen MR) is 71.8 cm³/mol. The molecule has 0 aliphatic heterocycles. The second-order valence-electron chi connectivity index (χ2n) is 4.33. The Morgan fingerprint density at radius 3 is 2.95 bits per heavy atom. The standard InChI is InChI=1S/C14H13N3O2/c1-17-8-10(9-5-3-4-6-13(9)17)11-7-12(16-15-11)14(18)19-2/h3-8H,1-2H3,(H,15,16). The van der Waals surface area contributed by atoms with Gasteiger partial charge in [-0.2, -0.15) is 5.10 Å². The normalized spacial score (nSPS) is 10.8. The van der Waals surface area contributed by atoms with Crippen LogP contribution >= 0.6 is 0 Å². The maximum absolute atomic E-state index is 11.4. The molecule has 3 rings (SSSR count). The van der Waals surface area contributed by atoms with Crippen LogP contribution in [0, 0.1) is 0 Å². The molecule has 5 heteroatoms. The van der Waals surface area contributed by atoms with Gasteiger partial charge in [-0.1, -0.05) is 18.2 Å². The number of H-pyrrole nitrogens is 1.